The van der Waals surface area contributed by atoms with E-state index in [1.54, 1.807) is 0 Å². The van der Waals surface area contributed by atoms with Gasteiger partial charge in [-0.25, -0.2) is 4.98 Å². The Morgan fingerprint density at radius 3 is 2.54 bits per heavy atom. The SMILES string of the molecule is OCCNc1nc(Nc2cccc(Br)c2)cc(-c2ccccc2)n1. The first kappa shape index (κ1) is 16.4. The van der Waals surface area contributed by atoms with Crippen LogP contribution < -0.4 is 10.6 Å². The molecule has 0 aliphatic heterocycles. The Bertz CT molecular complexity index is 811. The maximum Gasteiger partial charge on any atom is 0.225 e. The van der Waals surface area contributed by atoms with Crippen LogP contribution in [0.15, 0.2) is 65.1 Å². The Hall–Kier alpha value is -2.44. The number of benzene rings is 2. The number of nitrogens with one attached hydrogen (secondary N) is 2. The van der Waals surface area contributed by atoms with Crippen molar-refractivity contribution in [2.45, 2.75) is 0 Å². The third kappa shape index (κ3) is 4.31. The molecule has 0 fully saturated rings. The van der Waals surface area contributed by atoms with Crippen molar-refractivity contribution in [1.29, 1.82) is 0 Å². The highest BCUT2D eigenvalue weighted by atomic mass is 79.9. The predicted octanol–water partition coefficient (Wildman–Crippen LogP) is 4.05. The van der Waals surface area contributed by atoms with E-state index in [0.29, 0.717) is 18.3 Å². The largest absolute Gasteiger partial charge is 0.395 e. The number of aliphatic hydroxyl groups is 1. The molecule has 0 atom stereocenters. The van der Waals surface area contributed by atoms with E-state index in [2.05, 4.69) is 36.5 Å². The zero-order chi connectivity index (χ0) is 16.8. The summed E-state index contributed by atoms with van der Waals surface area (Å²) in [5.41, 5.74) is 2.74. The lowest BCUT2D eigenvalue weighted by Crippen LogP contribution is -2.10. The molecule has 3 N–H and O–H groups in total. The number of rotatable bonds is 6. The normalized spacial score (nSPS) is 10.4. The number of hydrogen-bond acceptors (Lipinski definition) is 5. The van der Waals surface area contributed by atoms with Crippen molar-refractivity contribution in [2.24, 2.45) is 0 Å². The second-order valence-electron chi connectivity index (χ2n) is 5.11. The number of nitrogens with zero attached hydrogens (tertiary/aromatic N) is 2. The van der Waals surface area contributed by atoms with Crippen molar-refractivity contribution in [2.75, 3.05) is 23.8 Å². The Morgan fingerprint density at radius 2 is 1.79 bits per heavy atom. The lowest BCUT2D eigenvalue weighted by molar-refractivity contribution is 0.311. The van der Waals surface area contributed by atoms with E-state index in [4.69, 9.17) is 5.11 Å². The Balaban J connectivity index is 1.95. The molecule has 0 unspecified atom stereocenters. The van der Waals surface area contributed by atoms with Gasteiger partial charge in [-0.1, -0.05) is 52.3 Å². The Labute approximate surface area is 148 Å². The molecular formula is C18H17BrN4O. The molecule has 1 aromatic heterocycles. The molecule has 24 heavy (non-hydrogen) atoms. The summed E-state index contributed by atoms with van der Waals surface area (Å²) in [6.45, 7) is 0.419. The summed E-state index contributed by atoms with van der Waals surface area (Å²) in [5.74, 6) is 1.16. The van der Waals surface area contributed by atoms with Gasteiger partial charge in [-0.3, -0.25) is 0 Å². The minimum absolute atomic E-state index is 0.0211. The number of aromatic nitrogens is 2. The first-order chi connectivity index (χ1) is 11.7. The molecule has 5 nitrogen and oxygen atoms in total. The molecule has 0 saturated heterocycles. The molecule has 0 spiro atoms. The van der Waals surface area contributed by atoms with E-state index in [1.165, 1.54) is 0 Å². The minimum Gasteiger partial charge on any atom is -0.395 e. The lowest BCUT2D eigenvalue weighted by atomic mass is 10.1. The van der Waals surface area contributed by atoms with Crippen LogP contribution in [0.3, 0.4) is 0 Å². The molecule has 0 saturated carbocycles. The van der Waals surface area contributed by atoms with Crippen LogP contribution in [-0.4, -0.2) is 28.2 Å². The molecule has 0 aliphatic carbocycles. The van der Waals surface area contributed by atoms with Crippen molar-refractivity contribution in [3.05, 3.63) is 65.1 Å². The molecule has 3 rings (SSSR count). The van der Waals surface area contributed by atoms with Gasteiger partial charge in [-0.05, 0) is 18.2 Å². The highest BCUT2D eigenvalue weighted by Gasteiger charge is 2.07. The maximum atomic E-state index is 9.01. The number of anilines is 3. The van der Waals surface area contributed by atoms with E-state index in [9.17, 15) is 0 Å². The monoisotopic (exact) mass is 384 g/mol. The standard InChI is InChI=1S/C18H17BrN4O/c19-14-7-4-8-15(11-14)21-17-12-16(13-5-2-1-3-6-13)22-18(23-17)20-9-10-24/h1-8,11-12,24H,9-10H2,(H2,20,21,22,23). The van der Waals surface area contributed by atoms with E-state index in [0.717, 1.165) is 21.4 Å². The summed E-state index contributed by atoms with van der Waals surface area (Å²) in [6.07, 6.45) is 0. The first-order valence-corrected chi connectivity index (χ1v) is 8.36. The average Bonchev–Trinajstić information content (AvgIpc) is 2.60. The number of halogens is 1. The molecule has 0 radical (unpaired) electrons. The van der Waals surface area contributed by atoms with E-state index < -0.39 is 0 Å². The summed E-state index contributed by atoms with van der Waals surface area (Å²) in [5, 5.41) is 15.3. The molecule has 2 aromatic carbocycles. The highest BCUT2D eigenvalue weighted by Crippen LogP contribution is 2.24. The zero-order valence-corrected chi connectivity index (χ0v) is 14.5. The van der Waals surface area contributed by atoms with Crippen LogP contribution in [0.1, 0.15) is 0 Å². The van der Waals surface area contributed by atoms with Crippen molar-refractivity contribution < 1.29 is 5.11 Å². The van der Waals surface area contributed by atoms with Crippen LogP contribution in [0.2, 0.25) is 0 Å². The summed E-state index contributed by atoms with van der Waals surface area (Å²) in [7, 11) is 0. The van der Waals surface area contributed by atoms with Crippen LogP contribution in [0, 0.1) is 0 Å². The predicted molar refractivity (Wildman–Crippen MR) is 100 cm³/mol. The zero-order valence-electron chi connectivity index (χ0n) is 12.9. The second kappa shape index (κ2) is 7.90. The van der Waals surface area contributed by atoms with E-state index in [1.807, 2.05) is 60.7 Å². The summed E-state index contributed by atoms with van der Waals surface area (Å²) in [6, 6.07) is 19.7. The quantitative estimate of drug-likeness (QED) is 0.597. The maximum absolute atomic E-state index is 9.01. The average molecular weight is 385 g/mol. The third-order valence-electron chi connectivity index (χ3n) is 3.29. The van der Waals surface area contributed by atoms with Crippen molar-refractivity contribution in [1.82, 2.24) is 9.97 Å². The topological polar surface area (TPSA) is 70.1 Å². The van der Waals surface area contributed by atoms with E-state index in [-0.39, 0.29) is 6.61 Å². The first-order valence-electron chi connectivity index (χ1n) is 7.56. The molecule has 0 bridgehead atoms. The highest BCUT2D eigenvalue weighted by molar-refractivity contribution is 9.10. The molecule has 6 heteroatoms. The van der Waals surface area contributed by atoms with Gasteiger partial charge < -0.3 is 15.7 Å². The van der Waals surface area contributed by atoms with Gasteiger partial charge in [0.1, 0.15) is 5.82 Å². The van der Waals surface area contributed by atoms with Gasteiger partial charge in [-0.2, -0.15) is 4.98 Å². The summed E-state index contributed by atoms with van der Waals surface area (Å²) in [4.78, 5) is 8.98. The Kier molecular flexibility index (Phi) is 5.40. The van der Waals surface area contributed by atoms with Crippen LogP contribution >= 0.6 is 15.9 Å². The van der Waals surface area contributed by atoms with Crippen LogP contribution in [0.4, 0.5) is 17.5 Å². The number of hydrogen-bond donors (Lipinski definition) is 3. The molecule has 122 valence electrons. The summed E-state index contributed by atoms with van der Waals surface area (Å²) < 4.78 is 0.989. The molecule has 0 aliphatic rings. The van der Waals surface area contributed by atoms with Gasteiger partial charge in [-0.15, -0.1) is 0 Å². The van der Waals surface area contributed by atoms with Gasteiger partial charge in [0.15, 0.2) is 0 Å². The molecular weight excluding hydrogens is 368 g/mol. The van der Waals surface area contributed by atoms with Gasteiger partial charge in [0, 0.05) is 28.3 Å². The minimum atomic E-state index is 0.0211. The fraction of sp³-hybridized carbons (Fsp3) is 0.111. The van der Waals surface area contributed by atoms with E-state index >= 15 is 0 Å². The second-order valence-corrected chi connectivity index (χ2v) is 6.03. The van der Waals surface area contributed by atoms with Crippen LogP contribution in [-0.2, 0) is 0 Å². The van der Waals surface area contributed by atoms with Crippen molar-refractivity contribution in [3.63, 3.8) is 0 Å². The van der Waals surface area contributed by atoms with Gasteiger partial charge >= 0.3 is 0 Å². The Morgan fingerprint density at radius 1 is 0.958 bits per heavy atom. The van der Waals surface area contributed by atoms with Gasteiger partial charge in [0.25, 0.3) is 0 Å². The van der Waals surface area contributed by atoms with Crippen LogP contribution in [0.5, 0.6) is 0 Å². The van der Waals surface area contributed by atoms with Crippen molar-refractivity contribution in [3.8, 4) is 11.3 Å². The molecule has 3 aromatic rings. The van der Waals surface area contributed by atoms with Crippen molar-refractivity contribution >= 4 is 33.4 Å². The van der Waals surface area contributed by atoms with Gasteiger partial charge in [0.05, 0.1) is 12.3 Å². The van der Waals surface area contributed by atoms with Crippen LogP contribution in [0.25, 0.3) is 11.3 Å². The number of aliphatic hydroxyl groups excluding tert-OH is 1. The smallest absolute Gasteiger partial charge is 0.225 e. The van der Waals surface area contributed by atoms with Gasteiger partial charge in [0.2, 0.25) is 5.95 Å². The summed E-state index contributed by atoms with van der Waals surface area (Å²) >= 11 is 3.46. The fourth-order valence-corrected chi connectivity index (χ4v) is 2.63. The molecule has 1 heterocycles. The molecule has 0 amide bonds. The lowest BCUT2D eigenvalue weighted by Gasteiger charge is -2.11. The third-order valence-corrected chi connectivity index (χ3v) is 3.78. The fourth-order valence-electron chi connectivity index (χ4n) is 2.23.